The molecule has 0 amide bonds. The Bertz CT molecular complexity index is 304. The summed E-state index contributed by atoms with van der Waals surface area (Å²) in [5.41, 5.74) is 1.00. The van der Waals surface area contributed by atoms with Gasteiger partial charge in [-0.3, -0.25) is 4.98 Å². The molecule has 3 radical (unpaired) electrons. The third kappa shape index (κ3) is 63.8. The molecule has 0 spiro atoms. The number of pyridine rings is 1. The first-order valence-electron chi connectivity index (χ1n) is 7.85. The summed E-state index contributed by atoms with van der Waals surface area (Å²) in [6, 6.07) is 17.7. The Morgan fingerprint density at radius 2 is 0.609 bits per heavy atom. The fourth-order valence-corrected chi connectivity index (χ4v) is 0.698. The van der Waals surface area contributed by atoms with Crippen molar-refractivity contribution in [2.45, 2.75) is 55.4 Å². The van der Waals surface area contributed by atoms with E-state index in [1.165, 1.54) is 0 Å². The second-order valence-electron chi connectivity index (χ2n) is 8.18. The van der Waals surface area contributed by atoms with Crippen LogP contribution in [0.1, 0.15) is 55.4 Å². The van der Waals surface area contributed by atoms with Crippen LogP contribution in [0.5, 0.6) is 0 Å². The molecule has 0 bridgehead atoms. The first kappa shape index (κ1) is 26.3. The van der Waals surface area contributed by atoms with E-state index in [1.54, 1.807) is 12.4 Å². The van der Waals surface area contributed by atoms with Crippen LogP contribution in [-0.4, -0.2) is 13.4 Å². The van der Waals surface area contributed by atoms with Gasteiger partial charge in [0.15, 0.2) is 0 Å². The van der Waals surface area contributed by atoms with E-state index in [0.29, 0.717) is 10.8 Å². The molecule has 2 rings (SSSR count). The molecule has 1 heterocycles. The summed E-state index contributed by atoms with van der Waals surface area (Å²) in [4.78, 5) is 3.78. The molecule has 1 nitrogen and oxygen atoms in total. The zero-order valence-electron chi connectivity index (χ0n) is 16.4. The number of hydrogen-bond acceptors (Lipinski definition) is 1. The van der Waals surface area contributed by atoms with Crippen LogP contribution in [0, 0.1) is 10.8 Å². The van der Waals surface area contributed by atoms with Crippen molar-refractivity contribution in [3.8, 4) is 0 Å². The monoisotopic (exact) mass is 312 g/mol. The molecule has 0 aliphatic carbocycles. The molecule has 0 N–H and O–H groups in total. The van der Waals surface area contributed by atoms with Gasteiger partial charge in [-0.15, -0.1) is 0 Å². The Morgan fingerprint density at radius 1 is 0.435 bits per heavy atom. The Morgan fingerprint density at radius 3 is 0.696 bits per heavy atom. The first-order chi connectivity index (χ1) is 10.0. The molecule has 2 heteroatoms. The molecule has 1 aromatic heterocycles. The molecule has 0 saturated heterocycles. The van der Waals surface area contributed by atoms with Gasteiger partial charge in [0.1, 0.15) is 0 Å². The Balaban J connectivity index is -0.000000230. The van der Waals surface area contributed by atoms with Gasteiger partial charge in [0.05, 0.1) is 0 Å². The van der Waals surface area contributed by atoms with Crippen LogP contribution in [0.15, 0.2) is 67.0 Å². The molecular formula is C21H35BN. The van der Waals surface area contributed by atoms with Crippen LogP contribution >= 0.6 is 0 Å². The van der Waals surface area contributed by atoms with E-state index in [-0.39, 0.29) is 8.41 Å². The van der Waals surface area contributed by atoms with Crippen molar-refractivity contribution in [1.82, 2.24) is 4.98 Å². The number of rotatable bonds is 0. The van der Waals surface area contributed by atoms with E-state index in [9.17, 15) is 0 Å². The highest BCUT2D eigenvalue weighted by atomic mass is 14.6. The van der Waals surface area contributed by atoms with Gasteiger partial charge in [0.2, 0.25) is 0 Å². The van der Waals surface area contributed by atoms with Crippen molar-refractivity contribution < 1.29 is 0 Å². The second kappa shape index (κ2) is 15.3. The molecule has 0 atom stereocenters. The van der Waals surface area contributed by atoms with Gasteiger partial charge in [-0.05, 0) is 23.0 Å². The lowest BCUT2D eigenvalue weighted by molar-refractivity contribution is 0.469. The van der Waals surface area contributed by atoms with Crippen molar-refractivity contribution in [3.63, 3.8) is 0 Å². The summed E-state index contributed by atoms with van der Waals surface area (Å²) in [6.45, 7) is 17.5. The largest absolute Gasteiger partial charge is 0.265 e. The van der Waals surface area contributed by atoms with Gasteiger partial charge in [0, 0.05) is 20.8 Å². The maximum Gasteiger partial charge on any atom is 0.0267 e. The van der Waals surface area contributed by atoms with E-state index in [0.717, 1.165) is 0 Å². The quantitative estimate of drug-likeness (QED) is 0.506. The minimum absolute atomic E-state index is 0. The topological polar surface area (TPSA) is 12.9 Å². The van der Waals surface area contributed by atoms with Crippen LogP contribution in [0.2, 0.25) is 0 Å². The zero-order valence-corrected chi connectivity index (χ0v) is 16.4. The highest BCUT2D eigenvalue weighted by Gasteiger charge is 1.96. The summed E-state index contributed by atoms with van der Waals surface area (Å²) >= 11 is 0. The average molecular weight is 312 g/mol. The van der Waals surface area contributed by atoms with Crippen molar-refractivity contribution in [2.75, 3.05) is 0 Å². The Hall–Kier alpha value is -1.57. The maximum atomic E-state index is 3.78. The molecular weight excluding hydrogens is 277 g/mol. The SMILES string of the molecule is CC(C)(C)C.CC(C)(C)C.[B].c1ccccc1.c1ccncc1. The summed E-state index contributed by atoms with van der Waals surface area (Å²) in [5, 5.41) is 0. The van der Waals surface area contributed by atoms with Crippen molar-refractivity contribution in [3.05, 3.63) is 67.0 Å². The highest BCUT2D eigenvalue weighted by Crippen LogP contribution is 2.08. The maximum absolute atomic E-state index is 3.78. The molecule has 0 unspecified atom stereocenters. The van der Waals surface area contributed by atoms with E-state index in [4.69, 9.17) is 0 Å². The zero-order chi connectivity index (χ0) is 17.5. The van der Waals surface area contributed by atoms with Gasteiger partial charge in [-0.1, -0.05) is 97.9 Å². The van der Waals surface area contributed by atoms with Crippen molar-refractivity contribution in [2.24, 2.45) is 10.8 Å². The minimum atomic E-state index is 0. The fraction of sp³-hybridized carbons (Fsp3) is 0.476. The van der Waals surface area contributed by atoms with Crippen LogP contribution in [-0.2, 0) is 0 Å². The van der Waals surface area contributed by atoms with Crippen LogP contribution in [0.3, 0.4) is 0 Å². The molecule has 23 heavy (non-hydrogen) atoms. The second-order valence-corrected chi connectivity index (χ2v) is 8.18. The summed E-state index contributed by atoms with van der Waals surface area (Å²) in [7, 11) is 0. The van der Waals surface area contributed by atoms with Crippen LogP contribution in [0.25, 0.3) is 0 Å². The van der Waals surface area contributed by atoms with E-state index in [1.807, 2.05) is 54.6 Å². The predicted octanol–water partition coefficient (Wildman–Crippen LogP) is 6.49. The standard InChI is InChI=1S/C6H6.C5H5N.2C5H12.B/c2*1-2-4-6-5-3-1;2*1-5(2,3)4;/h1-6H;1-5H;2*1-4H3;. The smallest absolute Gasteiger partial charge is 0.0267 e. The minimum Gasteiger partial charge on any atom is -0.265 e. The van der Waals surface area contributed by atoms with Crippen molar-refractivity contribution in [1.29, 1.82) is 0 Å². The Labute approximate surface area is 147 Å². The average Bonchev–Trinajstić information content (AvgIpc) is 2.40. The van der Waals surface area contributed by atoms with E-state index < -0.39 is 0 Å². The first-order valence-corrected chi connectivity index (χ1v) is 7.85. The van der Waals surface area contributed by atoms with Crippen molar-refractivity contribution >= 4 is 8.41 Å². The lowest BCUT2D eigenvalue weighted by Gasteiger charge is -2.05. The van der Waals surface area contributed by atoms with Gasteiger partial charge >= 0.3 is 0 Å². The normalized spacial score (nSPS) is 9.39. The number of aromatic nitrogens is 1. The molecule has 0 aliphatic heterocycles. The summed E-state index contributed by atoms with van der Waals surface area (Å²) < 4.78 is 0. The fourth-order valence-electron chi connectivity index (χ4n) is 0.698. The molecule has 0 saturated carbocycles. The molecule has 1 aromatic carbocycles. The van der Waals surface area contributed by atoms with E-state index >= 15 is 0 Å². The number of hydrogen-bond donors (Lipinski definition) is 0. The molecule has 2 aromatic rings. The molecule has 0 fully saturated rings. The van der Waals surface area contributed by atoms with Crippen LogP contribution in [0.4, 0.5) is 0 Å². The van der Waals surface area contributed by atoms with Gasteiger partial charge in [-0.25, -0.2) is 0 Å². The van der Waals surface area contributed by atoms with Gasteiger partial charge in [0.25, 0.3) is 0 Å². The van der Waals surface area contributed by atoms with E-state index in [2.05, 4.69) is 60.4 Å². The van der Waals surface area contributed by atoms with Gasteiger partial charge < -0.3 is 0 Å². The number of benzene rings is 1. The summed E-state index contributed by atoms with van der Waals surface area (Å²) in [5.74, 6) is 0. The third-order valence-electron chi connectivity index (χ3n) is 1.23. The lowest BCUT2D eigenvalue weighted by atomic mass is 10.0. The molecule has 127 valence electrons. The number of nitrogens with zero attached hydrogens (tertiary/aromatic N) is 1. The predicted molar refractivity (Wildman–Crippen MR) is 107 cm³/mol. The highest BCUT2D eigenvalue weighted by molar-refractivity contribution is 5.75. The summed E-state index contributed by atoms with van der Waals surface area (Å²) in [6.07, 6.45) is 3.50. The van der Waals surface area contributed by atoms with Gasteiger partial charge in [-0.2, -0.15) is 0 Å². The third-order valence-corrected chi connectivity index (χ3v) is 1.23. The lowest BCUT2D eigenvalue weighted by Crippen LogP contribution is -1.93. The molecule has 0 aliphatic rings. The van der Waals surface area contributed by atoms with Crippen LogP contribution < -0.4 is 0 Å². The Kier molecular flexibility index (Phi) is 17.6.